The van der Waals surface area contributed by atoms with Crippen molar-refractivity contribution in [3.8, 4) is 0 Å². The fraction of sp³-hybridized carbons (Fsp3) is 0.909. The van der Waals surface area contributed by atoms with Crippen molar-refractivity contribution in [1.29, 1.82) is 0 Å². The molecule has 1 N–H and O–H groups in total. The maximum absolute atomic E-state index is 11.5. The highest BCUT2D eigenvalue weighted by atomic mass is 16.2. The van der Waals surface area contributed by atoms with Crippen molar-refractivity contribution < 1.29 is 4.79 Å². The van der Waals surface area contributed by atoms with E-state index in [1.165, 1.54) is 6.42 Å². The number of hydrogen-bond acceptors (Lipinski definition) is 3. The summed E-state index contributed by atoms with van der Waals surface area (Å²) in [4.78, 5) is 16.0. The van der Waals surface area contributed by atoms with Crippen molar-refractivity contribution in [3.63, 3.8) is 0 Å². The second-order valence-electron chi connectivity index (χ2n) is 4.42. The number of carbonyl (C=O) groups is 1. The Morgan fingerprint density at radius 3 is 2.60 bits per heavy atom. The molecule has 0 aromatic carbocycles. The molecular formula is C11H21N3O. The summed E-state index contributed by atoms with van der Waals surface area (Å²) in [6, 6.07) is 0.712. The van der Waals surface area contributed by atoms with Crippen molar-refractivity contribution >= 4 is 5.91 Å². The second kappa shape index (κ2) is 4.94. The summed E-state index contributed by atoms with van der Waals surface area (Å²) in [5.74, 6) is 0.305. The molecule has 0 aromatic heterocycles. The number of carbonyl (C=O) groups excluding carboxylic acids is 1. The third kappa shape index (κ3) is 2.49. The van der Waals surface area contributed by atoms with E-state index in [0.717, 1.165) is 39.3 Å². The zero-order chi connectivity index (χ0) is 10.7. The molecule has 4 heteroatoms. The average Bonchev–Trinajstić information content (AvgIpc) is 2.82. The summed E-state index contributed by atoms with van der Waals surface area (Å²) in [5.41, 5.74) is 0. The van der Waals surface area contributed by atoms with Gasteiger partial charge in [0.05, 0.1) is 0 Å². The predicted octanol–water partition coefficient (Wildman–Crippen LogP) is -0.0975. The fourth-order valence-electron chi connectivity index (χ4n) is 2.51. The van der Waals surface area contributed by atoms with E-state index in [9.17, 15) is 4.79 Å². The van der Waals surface area contributed by atoms with Crippen LogP contribution in [0.15, 0.2) is 0 Å². The van der Waals surface area contributed by atoms with Crippen LogP contribution in [0.3, 0.4) is 0 Å². The van der Waals surface area contributed by atoms with Crippen LogP contribution in [0.5, 0.6) is 0 Å². The molecule has 1 atom stereocenters. The molecule has 4 nitrogen and oxygen atoms in total. The number of hydrogen-bond donors (Lipinski definition) is 1. The van der Waals surface area contributed by atoms with E-state index in [4.69, 9.17) is 0 Å². The predicted molar refractivity (Wildman–Crippen MR) is 59.7 cm³/mol. The zero-order valence-corrected chi connectivity index (χ0v) is 9.54. The summed E-state index contributed by atoms with van der Waals surface area (Å²) in [6.07, 6.45) is 1.91. The van der Waals surface area contributed by atoms with Gasteiger partial charge in [-0.2, -0.15) is 0 Å². The number of piperazine rings is 1. The van der Waals surface area contributed by atoms with E-state index >= 15 is 0 Å². The first-order valence-electron chi connectivity index (χ1n) is 6.04. The van der Waals surface area contributed by atoms with E-state index in [1.54, 1.807) is 0 Å². The molecule has 0 aliphatic carbocycles. The summed E-state index contributed by atoms with van der Waals surface area (Å²) in [5, 5.41) is 3.39. The Morgan fingerprint density at radius 2 is 2.07 bits per heavy atom. The lowest BCUT2D eigenvalue weighted by atomic mass is 10.2. The normalized spacial score (nSPS) is 28.3. The molecule has 0 radical (unpaired) electrons. The molecule has 2 aliphatic heterocycles. The molecule has 0 aromatic rings. The Balaban J connectivity index is 1.78. The average molecular weight is 211 g/mol. The molecule has 86 valence electrons. The maximum atomic E-state index is 11.5. The van der Waals surface area contributed by atoms with Gasteiger partial charge in [0.1, 0.15) is 0 Å². The molecule has 0 unspecified atom stereocenters. The van der Waals surface area contributed by atoms with Gasteiger partial charge >= 0.3 is 0 Å². The van der Waals surface area contributed by atoms with E-state index in [0.29, 0.717) is 18.4 Å². The van der Waals surface area contributed by atoms with Crippen molar-refractivity contribution in [1.82, 2.24) is 15.1 Å². The number of amides is 1. The lowest BCUT2D eigenvalue weighted by Gasteiger charge is -2.37. The Morgan fingerprint density at radius 1 is 1.33 bits per heavy atom. The van der Waals surface area contributed by atoms with E-state index < -0.39 is 0 Å². The third-order valence-corrected chi connectivity index (χ3v) is 3.52. The van der Waals surface area contributed by atoms with E-state index in [1.807, 2.05) is 11.8 Å². The van der Waals surface area contributed by atoms with Crippen LogP contribution in [0.2, 0.25) is 0 Å². The van der Waals surface area contributed by atoms with Crippen molar-refractivity contribution in [3.05, 3.63) is 0 Å². The topological polar surface area (TPSA) is 35.6 Å². The second-order valence-corrected chi connectivity index (χ2v) is 4.42. The first-order chi connectivity index (χ1) is 7.31. The Kier molecular flexibility index (Phi) is 3.59. The standard InChI is InChI=1S/C11H21N3O/c1-2-11(15)14-7-5-13(6-8-14)10-3-4-12-9-10/h10,12H,2-9H2,1H3/t10-/m0/s1. The molecule has 0 saturated carbocycles. The fourth-order valence-corrected chi connectivity index (χ4v) is 2.51. The lowest BCUT2D eigenvalue weighted by molar-refractivity contribution is -0.132. The molecule has 2 rings (SSSR count). The monoisotopic (exact) mass is 211 g/mol. The quantitative estimate of drug-likeness (QED) is 0.693. The summed E-state index contributed by atoms with van der Waals surface area (Å²) in [6.45, 7) is 8.17. The van der Waals surface area contributed by atoms with E-state index in [-0.39, 0.29) is 0 Å². The van der Waals surface area contributed by atoms with Gasteiger partial charge < -0.3 is 10.2 Å². The highest BCUT2D eigenvalue weighted by Gasteiger charge is 2.26. The maximum Gasteiger partial charge on any atom is 0.222 e. The molecule has 2 saturated heterocycles. The van der Waals surface area contributed by atoms with Crippen LogP contribution in [0, 0.1) is 0 Å². The number of nitrogens with one attached hydrogen (secondary N) is 1. The number of rotatable bonds is 2. The third-order valence-electron chi connectivity index (χ3n) is 3.52. The lowest BCUT2D eigenvalue weighted by Crippen LogP contribution is -2.52. The van der Waals surface area contributed by atoms with Crippen LogP contribution in [0.1, 0.15) is 19.8 Å². The van der Waals surface area contributed by atoms with Crippen LogP contribution in [-0.4, -0.2) is 61.0 Å². The molecule has 2 fully saturated rings. The van der Waals surface area contributed by atoms with Gasteiger partial charge in [0, 0.05) is 45.2 Å². The van der Waals surface area contributed by atoms with Crippen LogP contribution in [0.25, 0.3) is 0 Å². The Bertz CT molecular complexity index is 218. The minimum atomic E-state index is 0.305. The molecule has 2 heterocycles. The molecule has 1 amide bonds. The SMILES string of the molecule is CCC(=O)N1CCN([C@H]2CCNC2)CC1. The van der Waals surface area contributed by atoms with Crippen LogP contribution < -0.4 is 5.32 Å². The minimum absolute atomic E-state index is 0.305. The highest BCUT2D eigenvalue weighted by Crippen LogP contribution is 2.12. The van der Waals surface area contributed by atoms with E-state index in [2.05, 4.69) is 10.2 Å². The van der Waals surface area contributed by atoms with Gasteiger partial charge in [-0.25, -0.2) is 0 Å². The molecule has 15 heavy (non-hydrogen) atoms. The summed E-state index contributed by atoms with van der Waals surface area (Å²) >= 11 is 0. The molecule has 0 bridgehead atoms. The van der Waals surface area contributed by atoms with Crippen LogP contribution in [0.4, 0.5) is 0 Å². The number of nitrogens with zero attached hydrogens (tertiary/aromatic N) is 2. The van der Waals surface area contributed by atoms with Crippen LogP contribution >= 0.6 is 0 Å². The summed E-state index contributed by atoms with van der Waals surface area (Å²) in [7, 11) is 0. The van der Waals surface area contributed by atoms with Crippen molar-refractivity contribution in [2.45, 2.75) is 25.8 Å². The first-order valence-corrected chi connectivity index (χ1v) is 6.04. The largest absolute Gasteiger partial charge is 0.340 e. The van der Waals surface area contributed by atoms with Crippen molar-refractivity contribution in [2.24, 2.45) is 0 Å². The van der Waals surface area contributed by atoms with Gasteiger partial charge in [0.25, 0.3) is 0 Å². The van der Waals surface area contributed by atoms with Gasteiger partial charge in [-0.15, -0.1) is 0 Å². The molecule has 0 spiro atoms. The van der Waals surface area contributed by atoms with Gasteiger partial charge in [0.15, 0.2) is 0 Å². The van der Waals surface area contributed by atoms with Gasteiger partial charge in [-0.1, -0.05) is 6.92 Å². The molecule has 2 aliphatic rings. The minimum Gasteiger partial charge on any atom is -0.340 e. The summed E-state index contributed by atoms with van der Waals surface area (Å²) < 4.78 is 0. The first kappa shape index (κ1) is 10.9. The van der Waals surface area contributed by atoms with Gasteiger partial charge in [0.2, 0.25) is 5.91 Å². The Labute approximate surface area is 91.6 Å². The highest BCUT2D eigenvalue weighted by molar-refractivity contribution is 5.75. The van der Waals surface area contributed by atoms with Crippen LogP contribution in [-0.2, 0) is 4.79 Å². The zero-order valence-electron chi connectivity index (χ0n) is 9.54. The van der Waals surface area contributed by atoms with Gasteiger partial charge in [-0.05, 0) is 13.0 Å². The smallest absolute Gasteiger partial charge is 0.222 e. The molecular weight excluding hydrogens is 190 g/mol. The Hall–Kier alpha value is -0.610. The van der Waals surface area contributed by atoms with Crippen molar-refractivity contribution in [2.75, 3.05) is 39.3 Å². The van der Waals surface area contributed by atoms with Gasteiger partial charge in [-0.3, -0.25) is 9.69 Å².